The third kappa shape index (κ3) is 1.50. The van der Waals surface area contributed by atoms with Gasteiger partial charge in [-0.15, -0.1) is 0 Å². The molecule has 0 fully saturated rings. The second kappa shape index (κ2) is 3.33. The molecule has 0 amide bonds. The highest BCUT2D eigenvalue weighted by atomic mass is 16.6. The van der Waals surface area contributed by atoms with Crippen LogP contribution in [0.3, 0.4) is 0 Å². The van der Waals surface area contributed by atoms with E-state index in [1.807, 2.05) is 30.3 Å². The van der Waals surface area contributed by atoms with Crippen LogP contribution >= 0.6 is 0 Å². The monoisotopic (exact) mass is 188 g/mol. The van der Waals surface area contributed by atoms with Crippen LogP contribution < -0.4 is 0 Å². The van der Waals surface area contributed by atoms with Gasteiger partial charge in [-0.25, -0.2) is 0 Å². The molecular formula is C10H8N2O2. The summed E-state index contributed by atoms with van der Waals surface area (Å²) in [5.74, 6) is 0. The standard InChI is InChI=1S/C10H8N2O2/c13-12(14)8-7-11-6-5-9-3-1-2-4-10(9)11/h1-8H/b8-7+. The van der Waals surface area contributed by atoms with Gasteiger partial charge in [0.1, 0.15) is 0 Å². The molecule has 1 aromatic heterocycles. The maximum Gasteiger partial charge on any atom is 0.250 e. The Kier molecular flexibility index (Phi) is 2.02. The zero-order chi connectivity index (χ0) is 9.97. The van der Waals surface area contributed by atoms with Crippen LogP contribution in [0.5, 0.6) is 0 Å². The van der Waals surface area contributed by atoms with Crippen molar-refractivity contribution in [2.45, 2.75) is 0 Å². The summed E-state index contributed by atoms with van der Waals surface area (Å²) >= 11 is 0. The molecule has 0 atom stereocenters. The number of nitro groups is 1. The molecule has 0 aliphatic heterocycles. The van der Waals surface area contributed by atoms with E-state index < -0.39 is 4.92 Å². The lowest BCUT2D eigenvalue weighted by Crippen LogP contribution is -1.87. The Hall–Kier alpha value is -2.10. The Morgan fingerprint density at radius 3 is 2.86 bits per heavy atom. The van der Waals surface area contributed by atoms with Gasteiger partial charge in [0.15, 0.2) is 0 Å². The van der Waals surface area contributed by atoms with Gasteiger partial charge in [0, 0.05) is 6.20 Å². The van der Waals surface area contributed by atoms with Gasteiger partial charge in [-0.1, -0.05) is 18.2 Å². The number of para-hydroxylation sites is 1. The first kappa shape index (κ1) is 8.50. The van der Waals surface area contributed by atoms with Gasteiger partial charge >= 0.3 is 0 Å². The van der Waals surface area contributed by atoms with Crippen molar-refractivity contribution >= 4 is 17.1 Å². The highest BCUT2D eigenvalue weighted by Crippen LogP contribution is 2.14. The van der Waals surface area contributed by atoms with E-state index >= 15 is 0 Å². The SMILES string of the molecule is O=[N+]([O-])/C=C/n1ccc2ccccc21. The zero-order valence-corrected chi connectivity index (χ0v) is 7.33. The van der Waals surface area contributed by atoms with Gasteiger partial charge < -0.3 is 4.57 Å². The molecule has 0 spiro atoms. The topological polar surface area (TPSA) is 48.1 Å². The predicted molar refractivity (Wildman–Crippen MR) is 54.3 cm³/mol. The van der Waals surface area contributed by atoms with Crippen molar-refractivity contribution in [1.29, 1.82) is 0 Å². The van der Waals surface area contributed by atoms with Crippen molar-refractivity contribution in [1.82, 2.24) is 4.57 Å². The number of fused-ring (bicyclic) bond motifs is 1. The number of benzene rings is 1. The third-order valence-electron chi connectivity index (χ3n) is 1.98. The smallest absolute Gasteiger partial charge is 0.250 e. The second-order valence-corrected chi connectivity index (χ2v) is 2.87. The minimum atomic E-state index is -0.477. The van der Waals surface area contributed by atoms with Crippen molar-refractivity contribution in [2.24, 2.45) is 0 Å². The Bertz CT molecular complexity index is 500. The molecular weight excluding hydrogens is 180 g/mol. The fourth-order valence-electron chi connectivity index (χ4n) is 1.36. The summed E-state index contributed by atoms with van der Waals surface area (Å²) in [7, 11) is 0. The minimum absolute atomic E-state index is 0.477. The normalized spacial score (nSPS) is 11.1. The molecule has 1 aromatic carbocycles. The summed E-state index contributed by atoms with van der Waals surface area (Å²) < 4.78 is 1.72. The van der Waals surface area contributed by atoms with Crippen molar-refractivity contribution in [3.05, 3.63) is 52.8 Å². The van der Waals surface area contributed by atoms with Crippen LogP contribution in [0.4, 0.5) is 0 Å². The highest BCUT2D eigenvalue weighted by Gasteiger charge is 1.96. The Balaban J connectivity index is 2.48. The van der Waals surface area contributed by atoms with E-state index in [9.17, 15) is 10.1 Å². The molecule has 0 bridgehead atoms. The van der Waals surface area contributed by atoms with Crippen LogP contribution in [-0.2, 0) is 0 Å². The second-order valence-electron chi connectivity index (χ2n) is 2.87. The summed E-state index contributed by atoms with van der Waals surface area (Å²) in [5.41, 5.74) is 0.964. The predicted octanol–water partition coefficient (Wildman–Crippen LogP) is 2.35. The van der Waals surface area contributed by atoms with E-state index in [0.717, 1.165) is 17.1 Å². The minimum Gasteiger partial charge on any atom is -0.317 e. The van der Waals surface area contributed by atoms with E-state index in [1.165, 1.54) is 6.20 Å². The number of hydrogen-bond donors (Lipinski definition) is 0. The number of hydrogen-bond acceptors (Lipinski definition) is 2. The van der Waals surface area contributed by atoms with Crippen LogP contribution in [0.15, 0.2) is 42.7 Å². The quantitative estimate of drug-likeness (QED) is 0.536. The van der Waals surface area contributed by atoms with Gasteiger partial charge in [0.2, 0.25) is 0 Å². The van der Waals surface area contributed by atoms with Gasteiger partial charge in [-0.3, -0.25) is 10.1 Å². The summed E-state index contributed by atoms with van der Waals surface area (Å²) in [6.07, 6.45) is 4.15. The van der Waals surface area contributed by atoms with Gasteiger partial charge in [-0.05, 0) is 17.5 Å². The van der Waals surface area contributed by atoms with Gasteiger partial charge in [-0.2, -0.15) is 0 Å². The van der Waals surface area contributed by atoms with E-state index in [0.29, 0.717) is 0 Å². The molecule has 0 radical (unpaired) electrons. The van der Waals surface area contributed by atoms with Gasteiger partial charge in [0.05, 0.1) is 16.6 Å². The summed E-state index contributed by atoms with van der Waals surface area (Å²) in [6.45, 7) is 0. The molecule has 1 heterocycles. The molecule has 14 heavy (non-hydrogen) atoms. The maximum absolute atomic E-state index is 10.1. The Morgan fingerprint density at radius 2 is 2.07 bits per heavy atom. The van der Waals surface area contributed by atoms with E-state index in [2.05, 4.69) is 0 Å². The van der Waals surface area contributed by atoms with Crippen molar-refractivity contribution < 1.29 is 4.92 Å². The summed E-state index contributed by atoms with van der Waals surface area (Å²) in [5, 5.41) is 11.2. The molecule has 0 saturated carbocycles. The molecule has 0 saturated heterocycles. The Morgan fingerprint density at radius 1 is 1.29 bits per heavy atom. The van der Waals surface area contributed by atoms with E-state index in [-0.39, 0.29) is 0 Å². The maximum atomic E-state index is 10.1. The molecule has 2 rings (SSSR count). The van der Waals surface area contributed by atoms with Crippen LogP contribution in [0.1, 0.15) is 0 Å². The molecule has 0 unspecified atom stereocenters. The van der Waals surface area contributed by atoms with Crippen LogP contribution in [0.25, 0.3) is 17.1 Å². The van der Waals surface area contributed by atoms with Gasteiger partial charge in [0.25, 0.3) is 6.20 Å². The van der Waals surface area contributed by atoms with Crippen molar-refractivity contribution in [3.8, 4) is 0 Å². The first-order chi connectivity index (χ1) is 6.77. The highest BCUT2D eigenvalue weighted by molar-refractivity contribution is 5.81. The third-order valence-corrected chi connectivity index (χ3v) is 1.98. The van der Waals surface area contributed by atoms with E-state index in [1.54, 1.807) is 10.8 Å². The molecule has 4 nitrogen and oxygen atoms in total. The number of aromatic nitrogens is 1. The van der Waals surface area contributed by atoms with Crippen LogP contribution in [0, 0.1) is 10.1 Å². The lowest BCUT2D eigenvalue weighted by molar-refractivity contribution is -0.401. The lowest BCUT2D eigenvalue weighted by Gasteiger charge is -1.94. The van der Waals surface area contributed by atoms with Crippen molar-refractivity contribution in [3.63, 3.8) is 0 Å². The fourth-order valence-corrected chi connectivity index (χ4v) is 1.36. The zero-order valence-electron chi connectivity index (χ0n) is 7.33. The average Bonchev–Trinajstić information content (AvgIpc) is 2.58. The summed E-state index contributed by atoms with van der Waals surface area (Å²) in [4.78, 5) is 9.66. The first-order valence-electron chi connectivity index (χ1n) is 4.15. The molecule has 4 heteroatoms. The van der Waals surface area contributed by atoms with Crippen molar-refractivity contribution in [2.75, 3.05) is 0 Å². The lowest BCUT2D eigenvalue weighted by atomic mass is 10.2. The van der Waals surface area contributed by atoms with Crippen LogP contribution in [-0.4, -0.2) is 9.49 Å². The first-order valence-corrected chi connectivity index (χ1v) is 4.15. The molecule has 2 aromatic rings. The molecule has 0 N–H and O–H groups in total. The van der Waals surface area contributed by atoms with Crippen LogP contribution in [0.2, 0.25) is 0 Å². The largest absolute Gasteiger partial charge is 0.317 e. The average molecular weight is 188 g/mol. The fraction of sp³-hybridized carbons (Fsp3) is 0. The Labute approximate surface area is 80.2 Å². The summed E-state index contributed by atoms with van der Waals surface area (Å²) in [6, 6.07) is 9.63. The van der Waals surface area contributed by atoms with E-state index in [4.69, 9.17) is 0 Å². The molecule has 70 valence electrons. The molecule has 0 aliphatic rings. The number of nitrogens with zero attached hydrogens (tertiary/aromatic N) is 2. The number of rotatable bonds is 2. The molecule has 0 aliphatic carbocycles.